The van der Waals surface area contributed by atoms with Crippen LogP contribution in [0.25, 0.3) is 0 Å². The number of rotatable bonds is 7. The molecule has 0 aliphatic carbocycles. The summed E-state index contributed by atoms with van der Waals surface area (Å²) in [5.74, 6) is 0. The zero-order valence-electron chi connectivity index (χ0n) is 13.4. The number of halogens is 1. The number of hydrogen-bond acceptors (Lipinski definition) is 3. The Hall–Kier alpha value is -0.620. The molecule has 0 aliphatic heterocycles. The van der Waals surface area contributed by atoms with E-state index in [4.69, 9.17) is 11.6 Å². The molecule has 1 aromatic carbocycles. The number of sulfonamides is 1. The van der Waals surface area contributed by atoms with Crippen LogP contribution in [0.15, 0.2) is 23.1 Å². The second kappa shape index (κ2) is 7.09. The predicted octanol–water partition coefficient (Wildman–Crippen LogP) is 3.26. The van der Waals surface area contributed by atoms with Crippen LogP contribution in [0.2, 0.25) is 5.02 Å². The maximum atomic E-state index is 12.7. The van der Waals surface area contributed by atoms with Gasteiger partial charge in [-0.3, -0.25) is 0 Å². The van der Waals surface area contributed by atoms with Crippen molar-refractivity contribution in [3.8, 4) is 0 Å². The van der Waals surface area contributed by atoms with Gasteiger partial charge in [-0.2, -0.15) is 4.31 Å². The fourth-order valence-electron chi connectivity index (χ4n) is 1.80. The SMILES string of the molecule is CCNCc1ccc(S(=O)(=O)N(C)C(C)(C)CC)cc1Cl. The van der Waals surface area contributed by atoms with E-state index in [-0.39, 0.29) is 4.90 Å². The van der Waals surface area contributed by atoms with E-state index in [1.54, 1.807) is 19.2 Å². The summed E-state index contributed by atoms with van der Waals surface area (Å²) in [6, 6.07) is 4.92. The predicted molar refractivity (Wildman–Crippen MR) is 88.2 cm³/mol. The lowest BCUT2D eigenvalue weighted by Gasteiger charge is -2.33. The third-order valence-electron chi connectivity index (χ3n) is 3.97. The van der Waals surface area contributed by atoms with Crippen molar-refractivity contribution < 1.29 is 8.42 Å². The quantitative estimate of drug-likeness (QED) is 0.833. The van der Waals surface area contributed by atoms with Gasteiger partial charge in [-0.05, 0) is 44.5 Å². The van der Waals surface area contributed by atoms with Crippen molar-refractivity contribution in [3.63, 3.8) is 0 Å². The zero-order valence-corrected chi connectivity index (χ0v) is 15.0. The van der Waals surface area contributed by atoms with E-state index in [1.165, 1.54) is 10.4 Å². The van der Waals surface area contributed by atoms with Crippen molar-refractivity contribution in [2.75, 3.05) is 13.6 Å². The Morgan fingerprint density at radius 3 is 2.38 bits per heavy atom. The van der Waals surface area contributed by atoms with E-state index in [0.29, 0.717) is 11.6 Å². The molecular formula is C15H25ClN2O2S. The fraction of sp³-hybridized carbons (Fsp3) is 0.600. The number of nitrogens with zero attached hydrogens (tertiary/aromatic N) is 1. The minimum absolute atomic E-state index is 0.233. The van der Waals surface area contributed by atoms with Crippen LogP contribution >= 0.6 is 11.6 Å². The van der Waals surface area contributed by atoms with Crippen LogP contribution in [0, 0.1) is 0 Å². The molecule has 0 heterocycles. The third-order valence-corrected chi connectivity index (χ3v) is 6.38. The molecule has 1 rings (SSSR count). The molecular weight excluding hydrogens is 308 g/mol. The molecule has 1 N–H and O–H groups in total. The van der Waals surface area contributed by atoms with E-state index < -0.39 is 15.6 Å². The molecule has 0 fully saturated rings. The van der Waals surface area contributed by atoms with E-state index in [0.717, 1.165) is 18.5 Å². The Kier molecular flexibility index (Phi) is 6.23. The number of nitrogens with one attached hydrogen (secondary N) is 1. The van der Waals surface area contributed by atoms with Gasteiger partial charge in [0.15, 0.2) is 0 Å². The molecule has 120 valence electrons. The normalized spacial score (nSPS) is 12.9. The Morgan fingerprint density at radius 2 is 1.90 bits per heavy atom. The second-order valence-corrected chi connectivity index (χ2v) is 8.05. The van der Waals surface area contributed by atoms with Gasteiger partial charge in [-0.25, -0.2) is 8.42 Å². The monoisotopic (exact) mass is 332 g/mol. The van der Waals surface area contributed by atoms with Gasteiger partial charge in [0.05, 0.1) is 4.90 Å². The Labute approximate surface area is 133 Å². The standard InChI is InChI=1S/C15H25ClN2O2S/c1-6-15(3,4)18(5)21(19,20)13-9-8-12(11-17-7-2)14(16)10-13/h8-10,17H,6-7,11H2,1-5H3. The molecule has 0 aromatic heterocycles. The average Bonchev–Trinajstić information content (AvgIpc) is 2.44. The number of benzene rings is 1. The van der Waals surface area contributed by atoms with Gasteiger partial charge in [0.2, 0.25) is 10.0 Å². The molecule has 21 heavy (non-hydrogen) atoms. The van der Waals surface area contributed by atoms with Crippen LogP contribution in [-0.2, 0) is 16.6 Å². The first-order valence-corrected chi connectivity index (χ1v) is 8.96. The van der Waals surface area contributed by atoms with Crippen molar-refractivity contribution in [3.05, 3.63) is 28.8 Å². The van der Waals surface area contributed by atoms with E-state index >= 15 is 0 Å². The highest BCUT2D eigenvalue weighted by atomic mass is 35.5. The minimum atomic E-state index is -3.54. The molecule has 4 nitrogen and oxygen atoms in total. The summed E-state index contributed by atoms with van der Waals surface area (Å²) in [6.45, 7) is 9.26. The largest absolute Gasteiger partial charge is 0.313 e. The smallest absolute Gasteiger partial charge is 0.243 e. The summed E-state index contributed by atoms with van der Waals surface area (Å²) >= 11 is 6.20. The molecule has 0 radical (unpaired) electrons. The highest BCUT2D eigenvalue weighted by Crippen LogP contribution is 2.28. The lowest BCUT2D eigenvalue weighted by molar-refractivity contribution is 0.257. The maximum Gasteiger partial charge on any atom is 0.243 e. The van der Waals surface area contributed by atoms with E-state index in [9.17, 15) is 8.42 Å². The van der Waals surface area contributed by atoms with Gasteiger partial charge in [0, 0.05) is 24.2 Å². The summed E-state index contributed by atoms with van der Waals surface area (Å²) in [6.07, 6.45) is 0.731. The molecule has 0 bridgehead atoms. The van der Waals surface area contributed by atoms with Crippen molar-refractivity contribution in [2.45, 2.75) is 51.1 Å². The van der Waals surface area contributed by atoms with Gasteiger partial charge < -0.3 is 5.32 Å². The average molecular weight is 333 g/mol. The summed E-state index contributed by atoms with van der Waals surface area (Å²) in [4.78, 5) is 0.233. The molecule has 0 atom stereocenters. The molecule has 1 aromatic rings. The first-order valence-electron chi connectivity index (χ1n) is 7.15. The van der Waals surface area contributed by atoms with Crippen molar-refractivity contribution in [1.29, 1.82) is 0 Å². The van der Waals surface area contributed by atoms with Crippen LogP contribution in [0.5, 0.6) is 0 Å². The molecule has 6 heteroatoms. The van der Waals surface area contributed by atoms with Crippen LogP contribution in [0.3, 0.4) is 0 Å². The highest BCUT2D eigenvalue weighted by Gasteiger charge is 2.32. The Balaban J connectivity index is 3.13. The van der Waals surface area contributed by atoms with Crippen LogP contribution < -0.4 is 5.32 Å². The number of hydrogen-bond donors (Lipinski definition) is 1. The first-order chi connectivity index (χ1) is 9.66. The maximum absolute atomic E-state index is 12.7. The lowest BCUT2D eigenvalue weighted by Crippen LogP contribution is -2.44. The molecule has 0 unspecified atom stereocenters. The van der Waals surface area contributed by atoms with Crippen molar-refractivity contribution in [1.82, 2.24) is 9.62 Å². The topological polar surface area (TPSA) is 49.4 Å². The zero-order chi connectivity index (χ0) is 16.3. The van der Waals surface area contributed by atoms with Gasteiger partial charge in [0.1, 0.15) is 0 Å². The molecule has 0 saturated carbocycles. The van der Waals surface area contributed by atoms with Crippen molar-refractivity contribution in [2.24, 2.45) is 0 Å². The van der Waals surface area contributed by atoms with Gasteiger partial charge in [-0.15, -0.1) is 0 Å². The summed E-state index contributed by atoms with van der Waals surface area (Å²) in [7, 11) is -1.93. The van der Waals surface area contributed by atoms with Crippen molar-refractivity contribution >= 4 is 21.6 Å². The van der Waals surface area contributed by atoms with E-state index in [1.807, 2.05) is 27.7 Å². The first kappa shape index (κ1) is 18.4. The summed E-state index contributed by atoms with van der Waals surface area (Å²) < 4.78 is 26.7. The second-order valence-electron chi connectivity index (χ2n) is 5.67. The molecule has 0 amide bonds. The van der Waals surface area contributed by atoms with Gasteiger partial charge in [-0.1, -0.05) is 31.5 Å². The Morgan fingerprint density at radius 1 is 1.29 bits per heavy atom. The highest BCUT2D eigenvalue weighted by molar-refractivity contribution is 7.89. The molecule has 0 spiro atoms. The van der Waals surface area contributed by atoms with Gasteiger partial charge >= 0.3 is 0 Å². The lowest BCUT2D eigenvalue weighted by atomic mass is 10.0. The van der Waals surface area contributed by atoms with Crippen LogP contribution in [0.1, 0.15) is 39.7 Å². The van der Waals surface area contributed by atoms with E-state index in [2.05, 4.69) is 5.32 Å². The summed E-state index contributed by atoms with van der Waals surface area (Å²) in [5, 5.41) is 3.65. The Bertz CT molecular complexity index is 585. The summed E-state index contributed by atoms with van der Waals surface area (Å²) in [5.41, 5.74) is 0.461. The van der Waals surface area contributed by atoms with Gasteiger partial charge in [0.25, 0.3) is 0 Å². The van der Waals surface area contributed by atoms with Crippen LogP contribution in [-0.4, -0.2) is 31.9 Å². The molecule has 0 saturated heterocycles. The minimum Gasteiger partial charge on any atom is -0.313 e. The van der Waals surface area contributed by atoms with Crippen LogP contribution in [0.4, 0.5) is 0 Å². The third kappa shape index (κ3) is 4.19. The molecule has 0 aliphatic rings. The fourth-order valence-corrected chi connectivity index (χ4v) is 3.71.